The largest absolute Gasteiger partial charge is 0.396 e. The topological polar surface area (TPSA) is 149 Å². The van der Waals surface area contributed by atoms with Crippen molar-refractivity contribution >= 4 is 8.69 Å². The third-order valence-electron chi connectivity index (χ3n) is 7.37. The molecular formula is C29H58NO8P. The number of ether oxygens (including phenoxy) is 2. The van der Waals surface area contributed by atoms with E-state index in [4.69, 9.17) is 18.9 Å². The van der Waals surface area contributed by atoms with Crippen LogP contribution in [-0.2, 0) is 14.0 Å². The average Bonchev–Trinajstić information content (AvgIpc) is 2.91. The molecule has 1 aliphatic rings. The van der Waals surface area contributed by atoms with E-state index in [1.165, 1.54) is 57.8 Å². The Hall–Kier alpha value is -0.640. The fraction of sp³-hybridized carbons (Fsp3) is 0.931. The zero-order valence-corrected chi connectivity index (χ0v) is 25.4. The lowest BCUT2D eigenvalue weighted by molar-refractivity contribution is -0.258. The minimum absolute atomic E-state index is 0.125. The van der Waals surface area contributed by atoms with Crippen LogP contribution in [0.1, 0.15) is 117 Å². The Bertz CT molecular complexity index is 585. The molecule has 39 heavy (non-hydrogen) atoms. The highest BCUT2D eigenvalue weighted by Gasteiger charge is 2.45. The number of rotatable bonds is 23. The summed E-state index contributed by atoms with van der Waals surface area (Å²) in [5.41, 5.74) is 0.804. The lowest BCUT2D eigenvalue weighted by Gasteiger charge is -2.43. The van der Waals surface area contributed by atoms with Gasteiger partial charge in [-0.15, -0.1) is 0 Å². The molecule has 0 aromatic heterocycles. The van der Waals surface area contributed by atoms with Gasteiger partial charge in [0.1, 0.15) is 18.2 Å². The number of hydrogen-bond acceptors (Lipinski definition) is 8. The number of allylic oxidation sites excluding steroid dienone is 1. The van der Waals surface area contributed by atoms with Crippen molar-refractivity contribution < 1.29 is 39.4 Å². The third kappa shape index (κ3) is 18.4. The number of unbranched alkanes of at least 4 members (excludes halogenated alkanes) is 10. The second-order valence-corrected chi connectivity index (χ2v) is 10.8. The second kappa shape index (κ2) is 26.3. The molecule has 0 bridgehead atoms. The molecule has 0 amide bonds. The van der Waals surface area contributed by atoms with Crippen molar-refractivity contribution in [3.05, 3.63) is 12.3 Å². The highest BCUT2D eigenvalue weighted by molar-refractivity contribution is 7.16. The lowest BCUT2D eigenvalue weighted by atomic mass is 9.94. The molecule has 232 valence electrons. The maximum absolute atomic E-state index is 10.9. The van der Waals surface area contributed by atoms with Gasteiger partial charge in [-0.05, 0) is 38.0 Å². The Morgan fingerprint density at radius 1 is 0.949 bits per heavy atom. The first-order valence-corrected chi connectivity index (χ1v) is 15.9. The number of aliphatic hydroxyl groups excluding tert-OH is 4. The second-order valence-electron chi connectivity index (χ2n) is 10.7. The smallest absolute Gasteiger partial charge is 0.324 e. The molecule has 0 aromatic carbocycles. The van der Waals surface area contributed by atoms with Crippen LogP contribution in [-0.4, -0.2) is 75.8 Å². The average molecular weight is 580 g/mol. The van der Waals surface area contributed by atoms with Crippen LogP contribution < -0.4 is 5.32 Å². The zero-order valence-electron chi connectivity index (χ0n) is 24.5. The number of aliphatic hydroxyl groups is 4. The molecule has 10 heteroatoms. The SMILES string of the molecule is C=C(CCCCCCCCC)N[C@@H]1[C@@H](OCC[C@H](CO)CCCCCCC)[C@H](O)[C@@H](CCO)O[C@@H]1O.O=PO. The van der Waals surface area contributed by atoms with Crippen molar-refractivity contribution in [2.75, 3.05) is 19.8 Å². The molecule has 1 saturated heterocycles. The first-order valence-electron chi connectivity index (χ1n) is 15.2. The Morgan fingerprint density at radius 2 is 1.51 bits per heavy atom. The summed E-state index contributed by atoms with van der Waals surface area (Å²) in [5.74, 6) is 0.167. The Labute approximate surface area is 238 Å². The molecule has 9 nitrogen and oxygen atoms in total. The molecule has 6 atom stereocenters. The van der Waals surface area contributed by atoms with Gasteiger partial charge in [-0.2, -0.15) is 0 Å². The molecule has 1 fully saturated rings. The van der Waals surface area contributed by atoms with Crippen molar-refractivity contribution in [3.63, 3.8) is 0 Å². The van der Waals surface area contributed by atoms with E-state index in [-0.39, 0.29) is 25.6 Å². The van der Waals surface area contributed by atoms with Gasteiger partial charge < -0.3 is 40.1 Å². The Kier molecular flexibility index (Phi) is 25.8. The fourth-order valence-corrected chi connectivity index (χ4v) is 4.99. The van der Waals surface area contributed by atoms with Crippen molar-refractivity contribution in [2.24, 2.45) is 5.92 Å². The van der Waals surface area contributed by atoms with Crippen LogP contribution in [0.25, 0.3) is 0 Å². The quantitative estimate of drug-likeness (QED) is 0.0727. The molecule has 1 rings (SSSR count). The van der Waals surface area contributed by atoms with Crippen LogP contribution in [0.15, 0.2) is 12.3 Å². The molecule has 0 unspecified atom stereocenters. The molecule has 0 radical (unpaired) electrons. The standard InChI is InChI=1S/C29H57NO6.HO2P/c1-4-6-8-10-11-13-14-16-23(3)30-26-28(27(33)25(18-20-31)36-29(26)34)35-21-19-24(22-32)17-15-12-9-7-5-2;1-3-2/h24-34H,3-22H2,1-2H3;(H,1,2)/t24-,25-,26-,27-,28-,29+;/m1./s1. The molecule has 0 aliphatic carbocycles. The minimum Gasteiger partial charge on any atom is -0.396 e. The van der Waals surface area contributed by atoms with Gasteiger partial charge >= 0.3 is 8.69 Å². The first kappa shape index (κ1) is 38.4. The van der Waals surface area contributed by atoms with Gasteiger partial charge in [-0.25, -0.2) is 4.57 Å². The molecule has 0 spiro atoms. The maximum Gasteiger partial charge on any atom is 0.324 e. The summed E-state index contributed by atoms with van der Waals surface area (Å²) in [6.07, 6.45) is 13.6. The van der Waals surface area contributed by atoms with Gasteiger partial charge in [0.25, 0.3) is 0 Å². The predicted molar refractivity (Wildman–Crippen MR) is 155 cm³/mol. The van der Waals surface area contributed by atoms with Crippen molar-refractivity contribution in [2.45, 2.75) is 147 Å². The summed E-state index contributed by atoms with van der Waals surface area (Å²) in [7, 11) is -0.833. The van der Waals surface area contributed by atoms with E-state index in [2.05, 4.69) is 25.7 Å². The van der Waals surface area contributed by atoms with E-state index in [9.17, 15) is 20.4 Å². The monoisotopic (exact) mass is 579 g/mol. The van der Waals surface area contributed by atoms with E-state index in [1.807, 2.05) is 0 Å². The molecule has 1 aliphatic heterocycles. The van der Waals surface area contributed by atoms with Crippen molar-refractivity contribution in [3.8, 4) is 0 Å². The Morgan fingerprint density at radius 3 is 2.08 bits per heavy atom. The summed E-state index contributed by atoms with van der Waals surface area (Å²) in [5, 5.41) is 44.0. The predicted octanol–water partition coefficient (Wildman–Crippen LogP) is 4.99. The number of hydrogen-bond donors (Lipinski definition) is 6. The number of nitrogens with one attached hydrogen (secondary N) is 1. The van der Waals surface area contributed by atoms with Gasteiger partial charge in [0.05, 0.1) is 6.10 Å². The summed E-state index contributed by atoms with van der Waals surface area (Å²) in [6.45, 7) is 8.92. The van der Waals surface area contributed by atoms with Crippen LogP contribution >= 0.6 is 8.69 Å². The van der Waals surface area contributed by atoms with Crippen LogP contribution in [0.2, 0.25) is 0 Å². The van der Waals surface area contributed by atoms with Crippen molar-refractivity contribution in [1.82, 2.24) is 5.32 Å². The third-order valence-corrected chi connectivity index (χ3v) is 7.37. The molecule has 0 saturated carbocycles. The molecule has 6 N–H and O–H groups in total. The summed E-state index contributed by atoms with van der Waals surface area (Å²) in [4.78, 5) is 6.99. The van der Waals surface area contributed by atoms with Crippen LogP contribution in [0.4, 0.5) is 0 Å². The summed E-state index contributed by atoms with van der Waals surface area (Å²) < 4.78 is 20.2. The fourth-order valence-electron chi connectivity index (χ4n) is 4.99. The van der Waals surface area contributed by atoms with Gasteiger partial charge in [0.2, 0.25) is 0 Å². The van der Waals surface area contributed by atoms with Gasteiger partial charge in [0, 0.05) is 25.5 Å². The highest BCUT2D eigenvalue weighted by atomic mass is 31.1. The van der Waals surface area contributed by atoms with E-state index in [1.54, 1.807) is 0 Å². The zero-order chi connectivity index (χ0) is 29.3. The van der Waals surface area contributed by atoms with E-state index in [0.29, 0.717) is 13.0 Å². The van der Waals surface area contributed by atoms with Gasteiger partial charge in [-0.3, -0.25) is 0 Å². The normalized spacial score (nSPS) is 23.7. The van der Waals surface area contributed by atoms with E-state index < -0.39 is 39.3 Å². The van der Waals surface area contributed by atoms with Gasteiger partial charge in [0.15, 0.2) is 6.29 Å². The van der Waals surface area contributed by atoms with Gasteiger partial charge in [-0.1, -0.05) is 91.1 Å². The van der Waals surface area contributed by atoms with Crippen LogP contribution in [0, 0.1) is 5.92 Å². The molecule has 1 heterocycles. The summed E-state index contributed by atoms with van der Waals surface area (Å²) >= 11 is 0. The Balaban J connectivity index is 0.00000458. The van der Waals surface area contributed by atoms with Crippen LogP contribution in [0.5, 0.6) is 0 Å². The van der Waals surface area contributed by atoms with E-state index >= 15 is 0 Å². The molecular weight excluding hydrogens is 521 g/mol. The first-order chi connectivity index (χ1) is 18.9. The molecule has 0 aromatic rings. The summed E-state index contributed by atoms with van der Waals surface area (Å²) in [6, 6.07) is -0.645. The maximum atomic E-state index is 10.9. The van der Waals surface area contributed by atoms with Crippen LogP contribution in [0.3, 0.4) is 0 Å². The lowest BCUT2D eigenvalue weighted by Crippen LogP contribution is -2.63. The van der Waals surface area contributed by atoms with E-state index in [0.717, 1.165) is 37.8 Å². The van der Waals surface area contributed by atoms with Crippen molar-refractivity contribution in [1.29, 1.82) is 0 Å². The highest BCUT2D eigenvalue weighted by Crippen LogP contribution is 2.26. The minimum atomic E-state index is -1.17.